The first kappa shape index (κ1) is 17.7. The Morgan fingerprint density at radius 2 is 1.84 bits per heavy atom. The van der Waals surface area contributed by atoms with E-state index in [1.54, 1.807) is 14.2 Å². The summed E-state index contributed by atoms with van der Waals surface area (Å²) in [6, 6.07) is 16.4. The Kier molecular flexibility index (Phi) is 5.91. The molecule has 1 fully saturated rings. The molecule has 0 spiro atoms. The number of aliphatic hydroxyl groups excluding tert-OH is 1. The molecule has 0 amide bonds. The third-order valence-corrected chi connectivity index (χ3v) is 4.59. The maximum atomic E-state index is 9.49. The van der Waals surface area contributed by atoms with Gasteiger partial charge in [-0.25, -0.2) is 0 Å². The molecule has 2 atom stereocenters. The highest BCUT2D eigenvalue weighted by Crippen LogP contribution is 2.34. The molecular formula is C20H25NO4. The standard InChI is InChI=1S/C20H25NO4/c1-23-19-9-8-16(10-20(19)24-2)18-14-25-17(13-22)12-21(18)11-15-6-4-3-5-7-15/h3-10,17-18,22H,11-14H2,1-2H3. The quantitative estimate of drug-likeness (QED) is 0.874. The lowest BCUT2D eigenvalue weighted by Crippen LogP contribution is -2.45. The van der Waals surface area contributed by atoms with Crippen LogP contribution >= 0.6 is 0 Å². The minimum atomic E-state index is -0.153. The molecule has 0 radical (unpaired) electrons. The van der Waals surface area contributed by atoms with E-state index < -0.39 is 0 Å². The Morgan fingerprint density at radius 1 is 1.08 bits per heavy atom. The van der Waals surface area contributed by atoms with Crippen molar-refractivity contribution in [2.45, 2.75) is 18.7 Å². The Bertz CT molecular complexity index is 677. The molecule has 25 heavy (non-hydrogen) atoms. The van der Waals surface area contributed by atoms with Crippen LogP contribution in [-0.4, -0.2) is 50.1 Å². The van der Waals surface area contributed by atoms with Gasteiger partial charge in [0.15, 0.2) is 11.5 Å². The average molecular weight is 343 g/mol. The molecule has 1 heterocycles. The predicted molar refractivity (Wildman–Crippen MR) is 96.0 cm³/mol. The zero-order valence-corrected chi connectivity index (χ0v) is 14.7. The average Bonchev–Trinajstić information content (AvgIpc) is 2.68. The first-order valence-electron chi connectivity index (χ1n) is 8.47. The zero-order valence-electron chi connectivity index (χ0n) is 14.7. The van der Waals surface area contributed by atoms with E-state index in [1.165, 1.54) is 5.56 Å². The second-order valence-electron chi connectivity index (χ2n) is 6.18. The molecule has 0 saturated carbocycles. The van der Waals surface area contributed by atoms with E-state index in [9.17, 15) is 5.11 Å². The molecule has 5 nitrogen and oxygen atoms in total. The molecule has 1 aliphatic heterocycles. The summed E-state index contributed by atoms with van der Waals surface area (Å²) in [7, 11) is 3.28. The fourth-order valence-electron chi connectivity index (χ4n) is 3.24. The minimum absolute atomic E-state index is 0.0317. The number of rotatable bonds is 6. The van der Waals surface area contributed by atoms with Gasteiger partial charge in [0, 0.05) is 13.1 Å². The second-order valence-corrected chi connectivity index (χ2v) is 6.18. The van der Waals surface area contributed by atoms with Crippen molar-refractivity contribution in [2.75, 3.05) is 34.0 Å². The highest BCUT2D eigenvalue weighted by molar-refractivity contribution is 5.44. The number of nitrogens with zero attached hydrogens (tertiary/aromatic N) is 1. The molecule has 0 aliphatic carbocycles. The summed E-state index contributed by atoms with van der Waals surface area (Å²) in [5.41, 5.74) is 2.36. The van der Waals surface area contributed by atoms with Gasteiger partial charge in [0.05, 0.1) is 39.6 Å². The predicted octanol–water partition coefficient (Wildman–Crippen LogP) is 2.64. The number of aliphatic hydroxyl groups is 1. The van der Waals surface area contributed by atoms with Gasteiger partial charge in [-0.1, -0.05) is 36.4 Å². The van der Waals surface area contributed by atoms with E-state index >= 15 is 0 Å². The van der Waals surface area contributed by atoms with Gasteiger partial charge in [-0.05, 0) is 23.3 Å². The largest absolute Gasteiger partial charge is 0.493 e. The minimum Gasteiger partial charge on any atom is -0.493 e. The van der Waals surface area contributed by atoms with Crippen LogP contribution in [0.25, 0.3) is 0 Å². The lowest BCUT2D eigenvalue weighted by Gasteiger charge is -2.39. The smallest absolute Gasteiger partial charge is 0.161 e. The van der Waals surface area contributed by atoms with Crippen molar-refractivity contribution < 1.29 is 19.3 Å². The zero-order chi connectivity index (χ0) is 17.6. The Balaban J connectivity index is 1.86. The molecule has 134 valence electrons. The normalized spacial score (nSPS) is 21.1. The molecule has 3 rings (SSSR count). The second kappa shape index (κ2) is 8.34. The van der Waals surface area contributed by atoms with Gasteiger partial charge < -0.3 is 19.3 Å². The third-order valence-electron chi connectivity index (χ3n) is 4.59. The molecule has 1 saturated heterocycles. The van der Waals surface area contributed by atoms with Gasteiger partial charge in [-0.15, -0.1) is 0 Å². The van der Waals surface area contributed by atoms with E-state index in [0.29, 0.717) is 24.7 Å². The Morgan fingerprint density at radius 3 is 2.52 bits per heavy atom. The molecule has 0 aromatic heterocycles. The van der Waals surface area contributed by atoms with Gasteiger partial charge in [-0.2, -0.15) is 0 Å². The highest BCUT2D eigenvalue weighted by atomic mass is 16.5. The van der Waals surface area contributed by atoms with Crippen LogP contribution < -0.4 is 9.47 Å². The number of morpholine rings is 1. The van der Waals surface area contributed by atoms with Gasteiger partial charge in [-0.3, -0.25) is 4.90 Å². The molecule has 2 aromatic carbocycles. The van der Waals surface area contributed by atoms with Crippen LogP contribution in [0.2, 0.25) is 0 Å². The number of hydrogen-bond donors (Lipinski definition) is 1. The summed E-state index contributed by atoms with van der Waals surface area (Å²) in [5, 5.41) is 9.49. The monoisotopic (exact) mass is 343 g/mol. The van der Waals surface area contributed by atoms with Crippen molar-refractivity contribution in [3.8, 4) is 11.5 Å². The Hall–Kier alpha value is -2.08. The van der Waals surface area contributed by atoms with Gasteiger partial charge >= 0.3 is 0 Å². The lowest BCUT2D eigenvalue weighted by atomic mass is 10.0. The van der Waals surface area contributed by atoms with Gasteiger partial charge in [0.1, 0.15) is 0 Å². The van der Waals surface area contributed by atoms with Crippen molar-refractivity contribution in [3.63, 3.8) is 0 Å². The molecule has 1 aliphatic rings. The number of benzene rings is 2. The van der Waals surface area contributed by atoms with Gasteiger partial charge in [0.25, 0.3) is 0 Å². The third kappa shape index (κ3) is 4.12. The summed E-state index contributed by atoms with van der Waals surface area (Å²) < 4.78 is 16.6. The molecule has 2 aromatic rings. The van der Waals surface area contributed by atoms with E-state index in [2.05, 4.69) is 17.0 Å². The van der Waals surface area contributed by atoms with E-state index in [4.69, 9.17) is 14.2 Å². The summed E-state index contributed by atoms with van der Waals surface area (Å²) in [5.74, 6) is 1.43. The van der Waals surface area contributed by atoms with Crippen molar-refractivity contribution >= 4 is 0 Å². The summed E-state index contributed by atoms with van der Waals surface area (Å²) in [4.78, 5) is 2.35. The molecule has 2 unspecified atom stereocenters. The maximum absolute atomic E-state index is 9.49. The number of hydrogen-bond acceptors (Lipinski definition) is 5. The highest BCUT2D eigenvalue weighted by Gasteiger charge is 2.30. The topological polar surface area (TPSA) is 51.2 Å². The van der Waals surface area contributed by atoms with Crippen LogP contribution in [0.3, 0.4) is 0 Å². The van der Waals surface area contributed by atoms with Crippen LogP contribution in [0.5, 0.6) is 11.5 Å². The number of methoxy groups -OCH3 is 2. The van der Waals surface area contributed by atoms with Crippen LogP contribution in [0.1, 0.15) is 17.2 Å². The molecule has 1 N–H and O–H groups in total. The molecular weight excluding hydrogens is 318 g/mol. The van der Waals surface area contributed by atoms with E-state index in [0.717, 1.165) is 12.1 Å². The van der Waals surface area contributed by atoms with E-state index in [-0.39, 0.29) is 18.8 Å². The first-order chi connectivity index (χ1) is 12.2. The summed E-state index contributed by atoms with van der Waals surface area (Å²) >= 11 is 0. The Labute approximate surface area is 148 Å². The summed E-state index contributed by atoms with van der Waals surface area (Å²) in [6.07, 6.45) is -0.153. The van der Waals surface area contributed by atoms with Gasteiger partial charge in [0.2, 0.25) is 0 Å². The van der Waals surface area contributed by atoms with E-state index in [1.807, 2.05) is 36.4 Å². The van der Waals surface area contributed by atoms with Crippen LogP contribution in [0.4, 0.5) is 0 Å². The van der Waals surface area contributed by atoms with Crippen molar-refractivity contribution in [1.82, 2.24) is 4.90 Å². The van der Waals surface area contributed by atoms with Crippen LogP contribution in [-0.2, 0) is 11.3 Å². The fraction of sp³-hybridized carbons (Fsp3) is 0.400. The maximum Gasteiger partial charge on any atom is 0.161 e. The fourth-order valence-corrected chi connectivity index (χ4v) is 3.24. The van der Waals surface area contributed by atoms with Crippen LogP contribution in [0.15, 0.2) is 48.5 Å². The lowest BCUT2D eigenvalue weighted by molar-refractivity contribution is -0.0866. The first-order valence-corrected chi connectivity index (χ1v) is 8.47. The number of ether oxygens (including phenoxy) is 3. The van der Waals surface area contributed by atoms with Crippen molar-refractivity contribution in [3.05, 3.63) is 59.7 Å². The molecule has 5 heteroatoms. The van der Waals surface area contributed by atoms with Crippen molar-refractivity contribution in [2.24, 2.45) is 0 Å². The summed E-state index contributed by atoms with van der Waals surface area (Å²) in [6.45, 7) is 2.06. The SMILES string of the molecule is COc1ccc(C2COC(CO)CN2Cc2ccccc2)cc1OC. The molecule has 0 bridgehead atoms. The van der Waals surface area contributed by atoms with Crippen LogP contribution in [0, 0.1) is 0 Å². The van der Waals surface area contributed by atoms with Crippen molar-refractivity contribution in [1.29, 1.82) is 0 Å².